The first kappa shape index (κ1) is 36.5. The van der Waals surface area contributed by atoms with Crippen molar-refractivity contribution in [2.24, 2.45) is 11.8 Å². The topological polar surface area (TPSA) is 46.2 Å². The third-order valence-electron chi connectivity index (χ3n) is 11.7. The predicted octanol–water partition coefficient (Wildman–Crippen LogP) is 10.3. The molecule has 7 rings (SSSR count). The minimum Gasteiger partial charge on any atom is -0.490 e. The van der Waals surface area contributed by atoms with E-state index in [4.69, 9.17) is 23.4 Å². The van der Waals surface area contributed by atoms with E-state index in [1.807, 2.05) is 6.07 Å². The molecule has 4 aromatic rings. The first-order valence-electron chi connectivity index (χ1n) is 19.4. The second-order valence-corrected chi connectivity index (χ2v) is 20.4. The maximum atomic E-state index is 7.33. The van der Waals surface area contributed by atoms with Crippen LogP contribution in [0.3, 0.4) is 0 Å². The van der Waals surface area contributed by atoms with Crippen LogP contribution >= 0.6 is 0 Å². The molecule has 3 aliphatic rings. The summed E-state index contributed by atoms with van der Waals surface area (Å²) in [6.07, 6.45) is 8.05. The molecule has 0 saturated carbocycles. The van der Waals surface area contributed by atoms with Crippen molar-refractivity contribution < 1.29 is 23.4 Å². The van der Waals surface area contributed by atoms with Crippen LogP contribution in [0.25, 0.3) is 6.08 Å². The molecule has 4 aromatic carbocycles. The number of rotatable bonds is 13. The minimum atomic E-state index is -2.63. The normalized spacial score (nSPS) is 22.3. The van der Waals surface area contributed by atoms with Crippen molar-refractivity contribution in [3.63, 3.8) is 0 Å². The Morgan fingerprint density at radius 1 is 0.885 bits per heavy atom. The Morgan fingerprint density at radius 2 is 1.54 bits per heavy atom. The van der Waals surface area contributed by atoms with Gasteiger partial charge in [0.2, 0.25) is 5.79 Å². The molecule has 52 heavy (non-hydrogen) atoms. The summed E-state index contributed by atoms with van der Waals surface area (Å²) in [6, 6.07) is 34.4. The summed E-state index contributed by atoms with van der Waals surface area (Å²) in [5.41, 5.74) is 4.41. The summed E-state index contributed by atoms with van der Waals surface area (Å²) >= 11 is 0. The molecule has 0 radical (unpaired) electrons. The maximum Gasteiger partial charge on any atom is 0.261 e. The van der Waals surface area contributed by atoms with Crippen LogP contribution < -0.4 is 19.8 Å². The van der Waals surface area contributed by atoms with Crippen molar-refractivity contribution >= 4 is 24.8 Å². The average Bonchev–Trinajstić information content (AvgIpc) is 3.44. The first-order chi connectivity index (χ1) is 25.1. The van der Waals surface area contributed by atoms with E-state index in [0.717, 1.165) is 58.8 Å². The fourth-order valence-electron chi connectivity index (χ4n) is 8.70. The second-order valence-electron chi connectivity index (χ2n) is 16.1. The Morgan fingerprint density at radius 3 is 2.17 bits per heavy atom. The molecule has 274 valence electrons. The Labute approximate surface area is 312 Å². The van der Waals surface area contributed by atoms with Crippen LogP contribution in [0.1, 0.15) is 102 Å². The second kappa shape index (κ2) is 15.3. The van der Waals surface area contributed by atoms with Crippen molar-refractivity contribution in [1.29, 1.82) is 0 Å². The van der Waals surface area contributed by atoms with Gasteiger partial charge in [0.25, 0.3) is 8.32 Å². The molecule has 3 aliphatic heterocycles. The smallest absolute Gasteiger partial charge is 0.261 e. The van der Waals surface area contributed by atoms with Gasteiger partial charge in [-0.3, -0.25) is 0 Å². The van der Waals surface area contributed by atoms with Crippen LogP contribution in [-0.4, -0.2) is 27.3 Å². The van der Waals surface area contributed by atoms with Crippen LogP contribution in [-0.2, 0) is 20.5 Å². The summed E-state index contributed by atoms with van der Waals surface area (Å²) in [5.74, 6) is 2.38. The van der Waals surface area contributed by atoms with Gasteiger partial charge in [0, 0.05) is 30.1 Å². The Kier molecular flexibility index (Phi) is 10.7. The molecule has 5 nitrogen and oxygen atoms in total. The van der Waals surface area contributed by atoms with E-state index in [1.165, 1.54) is 23.2 Å². The summed E-state index contributed by atoms with van der Waals surface area (Å²) in [6.45, 7) is 15.5. The minimum absolute atomic E-state index is 0.0683. The lowest BCUT2D eigenvalue weighted by Crippen LogP contribution is -2.66. The number of unbranched alkanes of at least 4 members (excludes halogenated alkanes) is 2. The third-order valence-corrected chi connectivity index (χ3v) is 16.7. The largest absolute Gasteiger partial charge is 0.490 e. The fourth-order valence-corrected chi connectivity index (χ4v) is 13.3. The van der Waals surface area contributed by atoms with E-state index in [1.54, 1.807) is 0 Å². The molecule has 6 heteroatoms. The quantitative estimate of drug-likeness (QED) is 0.102. The number of hydrogen-bond donors (Lipinski definition) is 0. The highest BCUT2D eigenvalue weighted by Crippen LogP contribution is 2.56. The summed E-state index contributed by atoms with van der Waals surface area (Å²) in [4.78, 5) is 0. The molecular formula is C46H56O5Si. The number of ether oxygens (including phenoxy) is 4. The van der Waals surface area contributed by atoms with Gasteiger partial charge in [-0.05, 0) is 64.4 Å². The van der Waals surface area contributed by atoms with Crippen LogP contribution in [0.15, 0.2) is 103 Å². The third kappa shape index (κ3) is 6.98. The number of hydrogen-bond acceptors (Lipinski definition) is 5. The van der Waals surface area contributed by atoms with Gasteiger partial charge in [0.1, 0.15) is 24.2 Å². The fraction of sp³-hybridized carbons (Fsp3) is 0.435. The van der Waals surface area contributed by atoms with Crippen LogP contribution in [0, 0.1) is 18.8 Å². The highest BCUT2D eigenvalue weighted by Gasteiger charge is 2.56. The van der Waals surface area contributed by atoms with Gasteiger partial charge in [-0.2, -0.15) is 0 Å². The van der Waals surface area contributed by atoms with Crippen LogP contribution in [0.4, 0.5) is 0 Å². The molecule has 0 amide bonds. The molecule has 0 unspecified atom stereocenters. The van der Waals surface area contributed by atoms with Crippen molar-refractivity contribution in [2.45, 2.75) is 104 Å². The molecule has 1 saturated heterocycles. The van der Waals surface area contributed by atoms with E-state index in [9.17, 15) is 0 Å². The van der Waals surface area contributed by atoms with E-state index in [0.29, 0.717) is 26.2 Å². The summed E-state index contributed by atoms with van der Waals surface area (Å²) < 4.78 is 34.6. The van der Waals surface area contributed by atoms with Crippen molar-refractivity contribution in [2.75, 3.05) is 13.2 Å². The van der Waals surface area contributed by atoms with E-state index < -0.39 is 14.1 Å². The van der Waals surface area contributed by atoms with Gasteiger partial charge >= 0.3 is 0 Å². The molecule has 0 N–H and O–H groups in total. The standard InChI is InChI=1S/C46H56O5Si/c1-7-8-12-21-38-28-37-29-41(47-31-35-19-13-9-14-20-35)33(2)44-43(37)42(50-38)30-46(51-44)34(3)36(32-48-46)26-27-49-52(45(4,5)6,39-22-15-10-16-23-39)40-24-17-11-18-25-40/h9-11,13-20,22-25,28-29,34,36,42H,7-8,12,21,26-27,30-32H2,1-6H3/t34-,36+,42-,46-/m0/s1. The lowest BCUT2D eigenvalue weighted by Gasteiger charge is -2.45. The molecule has 1 fully saturated rings. The molecule has 0 aromatic heterocycles. The lowest BCUT2D eigenvalue weighted by molar-refractivity contribution is -0.203. The zero-order valence-electron chi connectivity index (χ0n) is 32.0. The number of benzene rings is 4. The highest BCUT2D eigenvalue weighted by molar-refractivity contribution is 6.99. The van der Waals surface area contributed by atoms with Crippen LogP contribution in [0.5, 0.6) is 11.5 Å². The van der Waals surface area contributed by atoms with E-state index in [-0.39, 0.29) is 23.0 Å². The Balaban J connectivity index is 1.15. The van der Waals surface area contributed by atoms with E-state index in [2.05, 4.69) is 139 Å². The zero-order valence-corrected chi connectivity index (χ0v) is 33.0. The van der Waals surface area contributed by atoms with Gasteiger partial charge in [-0.25, -0.2) is 0 Å². The van der Waals surface area contributed by atoms with Gasteiger partial charge in [-0.1, -0.05) is 138 Å². The molecule has 4 atom stereocenters. The van der Waals surface area contributed by atoms with Crippen molar-refractivity contribution in [3.05, 3.63) is 125 Å². The first-order valence-corrected chi connectivity index (χ1v) is 21.4. The lowest BCUT2D eigenvalue weighted by atomic mass is 9.80. The Hall–Kier alpha value is -3.84. The van der Waals surface area contributed by atoms with Gasteiger partial charge in [0.15, 0.2) is 0 Å². The van der Waals surface area contributed by atoms with Gasteiger partial charge < -0.3 is 23.4 Å². The van der Waals surface area contributed by atoms with Crippen molar-refractivity contribution in [3.8, 4) is 11.5 Å². The molecule has 3 heterocycles. The highest BCUT2D eigenvalue weighted by atomic mass is 28.4. The SMILES string of the molecule is CCCCCC1=Cc2cc(OCc3ccccc3)c(C)c3c2[C@H](C[C@]2(OC[C@@H](CCO[Si](c4ccccc4)(c4ccccc4)C(C)(C)C)[C@@H]2C)O3)O1. The molecule has 0 aliphatic carbocycles. The number of allylic oxidation sites excluding steroid dienone is 1. The van der Waals surface area contributed by atoms with Gasteiger partial charge in [0.05, 0.1) is 18.8 Å². The average molecular weight is 717 g/mol. The monoisotopic (exact) mass is 716 g/mol. The van der Waals surface area contributed by atoms with Gasteiger partial charge in [-0.15, -0.1) is 0 Å². The molecular weight excluding hydrogens is 661 g/mol. The zero-order chi connectivity index (χ0) is 36.3. The van der Waals surface area contributed by atoms with E-state index >= 15 is 0 Å². The maximum absolute atomic E-state index is 7.33. The van der Waals surface area contributed by atoms with Crippen molar-refractivity contribution in [1.82, 2.24) is 0 Å². The molecule has 0 bridgehead atoms. The summed E-state index contributed by atoms with van der Waals surface area (Å²) in [5, 5.41) is 2.55. The predicted molar refractivity (Wildman–Crippen MR) is 213 cm³/mol. The molecule has 1 spiro atoms. The van der Waals surface area contributed by atoms with Crippen LogP contribution in [0.2, 0.25) is 5.04 Å². The Bertz CT molecular complexity index is 1790. The summed E-state index contributed by atoms with van der Waals surface area (Å²) in [7, 11) is -2.63.